The minimum atomic E-state index is -1.08. The Labute approximate surface area is 106 Å². The first-order chi connectivity index (χ1) is 8.49. The fraction of sp³-hybridized carbons (Fsp3) is 0.462. The van der Waals surface area contributed by atoms with E-state index in [9.17, 15) is 4.79 Å². The van der Waals surface area contributed by atoms with Crippen LogP contribution in [-0.2, 0) is 4.79 Å². The molecule has 18 heavy (non-hydrogen) atoms. The third kappa shape index (κ3) is 3.37. The maximum Gasteiger partial charge on any atom is 0.328 e. The molecule has 3 N–H and O–H groups in total. The number of hydrogen-bond donors (Lipinski definition) is 3. The molecule has 0 saturated carbocycles. The Morgan fingerprint density at radius 2 is 2.11 bits per heavy atom. The fourth-order valence-corrected chi connectivity index (χ4v) is 1.66. The SMILES string of the molecule is COc1ccc(NC(CO)C(=O)O)cc1C(C)C. The lowest BCUT2D eigenvalue weighted by molar-refractivity contribution is -0.138. The van der Waals surface area contributed by atoms with Gasteiger partial charge in [-0.2, -0.15) is 0 Å². The van der Waals surface area contributed by atoms with Crippen molar-refractivity contribution in [1.82, 2.24) is 0 Å². The van der Waals surface area contributed by atoms with Crippen LogP contribution in [0.2, 0.25) is 0 Å². The number of nitrogens with one attached hydrogen (secondary N) is 1. The predicted molar refractivity (Wildman–Crippen MR) is 69.2 cm³/mol. The van der Waals surface area contributed by atoms with Gasteiger partial charge in [0.15, 0.2) is 0 Å². The van der Waals surface area contributed by atoms with Gasteiger partial charge in [-0.05, 0) is 29.7 Å². The molecule has 0 fully saturated rings. The van der Waals surface area contributed by atoms with E-state index in [-0.39, 0.29) is 5.92 Å². The zero-order valence-electron chi connectivity index (χ0n) is 10.8. The average Bonchev–Trinajstić information content (AvgIpc) is 2.35. The molecular weight excluding hydrogens is 234 g/mol. The van der Waals surface area contributed by atoms with Gasteiger partial charge < -0.3 is 20.3 Å². The van der Waals surface area contributed by atoms with Crippen molar-refractivity contribution >= 4 is 11.7 Å². The maximum absolute atomic E-state index is 10.8. The Morgan fingerprint density at radius 1 is 1.44 bits per heavy atom. The number of anilines is 1. The van der Waals surface area contributed by atoms with Gasteiger partial charge >= 0.3 is 5.97 Å². The van der Waals surface area contributed by atoms with E-state index >= 15 is 0 Å². The Morgan fingerprint density at radius 3 is 2.56 bits per heavy atom. The number of rotatable bonds is 6. The number of hydrogen-bond acceptors (Lipinski definition) is 4. The third-order valence-electron chi connectivity index (χ3n) is 2.67. The summed E-state index contributed by atoms with van der Waals surface area (Å²) in [7, 11) is 1.60. The summed E-state index contributed by atoms with van der Waals surface area (Å²) in [5, 5.41) is 20.6. The van der Waals surface area contributed by atoms with E-state index in [0.717, 1.165) is 11.3 Å². The van der Waals surface area contributed by atoms with Gasteiger partial charge in [0.05, 0.1) is 13.7 Å². The lowest BCUT2D eigenvalue weighted by atomic mass is 10.0. The summed E-state index contributed by atoms with van der Waals surface area (Å²) < 4.78 is 5.25. The van der Waals surface area contributed by atoms with Gasteiger partial charge in [0.1, 0.15) is 11.8 Å². The maximum atomic E-state index is 10.8. The predicted octanol–water partition coefficient (Wildman–Crippen LogP) is 1.68. The third-order valence-corrected chi connectivity index (χ3v) is 2.67. The van der Waals surface area contributed by atoms with Crippen molar-refractivity contribution in [3.63, 3.8) is 0 Å². The van der Waals surface area contributed by atoms with Crippen molar-refractivity contribution in [3.8, 4) is 5.75 Å². The molecule has 0 aliphatic rings. The summed E-state index contributed by atoms with van der Waals surface area (Å²) in [4.78, 5) is 10.8. The highest BCUT2D eigenvalue weighted by atomic mass is 16.5. The van der Waals surface area contributed by atoms with Gasteiger partial charge in [0.2, 0.25) is 0 Å². The number of benzene rings is 1. The molecule has 0 aliphatic carbocycles. The van der Waals surface area contributed by atoms with Crippen molar-refractivity contribution in [2.75, 3.05) is 19.0 Å². The monoisotopic (exact) mass is 253 g/mol. The molecule has 1 atom stereocenters. The van der Waals surface area contributed by atoms with E-state index in [1.165, 1.54) is 0 Å². The van der Waals surface area contributed by atoms with Crippen LogP contribution >= 0.6 is 0 Å². The lowest BCUT2D eigenvalue weighted by Crippen LogP contribution is -2.32. The first-order valence-electron chi connectivity index (χ1n) is 5.77. The minimum absolute atomic E-state index is 0.263. The molecule has 0 amide bonds. The van der Waals surface area contributed by atoms with Gasteiger partial charge in [-0.3, -0.25) is 0 Å². The van der Waals surface area contributed by atoms with Crippen molar-refractivity contribution in [3.05, 3.63) is 23.8 Å². The number of aliphatic hydroxyl groups is 1. The molecule has 100 valence electrons. The standard InChI is InChI=1S/C13H19NO4/c1-8(2)10-6-9(4-5-12(10)18-3)14-11(7-15)13(16)17/h4-6,8,11,14-15H,7H2,1-3H3,(H,16,17). The summed E-state index contributed by atoms with van der Waals surface area (Å²) in [6, 6.07) is 4.36. The number of carbonyl (C=O) groups is 1. The molecule has 1 aromatic carbocycles. The summed E-state index contributed by atoms with van der Waals surface area (Å²) in [6.45, 7) is 3.60. The van der Waals surface area contributed by atoms with Crippen LogP contribution in [-0.4, -0.2) is 35.9 Å². The number of methoxy groups -OCH3 is 1. The zero-order chi connectivity index (χ0) is 13.7. The van der Waals surface area contributed by atoms with Gasteiger partial charge in [0, 0.05) is 5.69 Å². The fourth-order valence-electron chi connectivity index (χ4n) is 1.66. The van der Waals surface area contributed by atoms with Crippen LogP contribution in [0, 0.1) is 0 Å². The Hall–Kier alpha value is -1.75. The van der Waals surface area contributed by atoms with Crippen LogP contribution in [0.5, 0.6) is 5.75 Å². The molecule has 0 aliphatic heterocycles. The van der Waals surface area contributed by atoms with Gasteiger partial charge in [-0.25, -0.2) is 4.79 Å². The second-order valence-electron chi connectivity index (χ2n) is 4.33. The highest BCUT2D eigenvalue weighted by Crippen LogP contribution is 2.29. The van der Waals surface area contributed by atoms with Gasteiger partial charge in [-0.1, -0.05) is 13.8 Å². The van der Waals surface area contributed by atoms with Gasteiger partial charge in [-0.15, -0.1) is 0 Å². The van der Waals surface area contributed by atoms with Gasteiger partial charge in [0.25, 0.3) is 0 Å². The Kier molecular flexibility index (Phi) is 4.97. The molecule has 0 saturated heterocycles. The molecule has 1 rings (SSSR count). The summed E-state index contributed by atoms with van der Waals surface area (Å²) >= 11 is 0. The van der Waals surface area contributed by atoms with Crippen molar-refractivity contribution in [1.29, 1.82) is 0 Å². The Bertz CT molecular complexity index is 417. The van der Waals surface area contributed by atoms with E-state index < -0.39 is 18.6 Å². The first kappa shape index (κ1) is 14.3. The summed E-state index contributed by atoms with van der Waals surface area (Å²) in [6.07, 6.45) is 0. The average molecular weight is 253 g/mol. The quantitative estimate of drug-likeness (QED) is 0.718. The molecule has 0 bridgehead atoms. The molecule has 0 heterocycles. The second kappa shape index (κ2) is 6.26. The van der Waals surface area contributed by atoms with E-state index in [0.29, 0.717) is 5.69 Å². The normalized spacial score (nSPS) is 12.3. The number of carboxylic acid groups (broad SMARTS) is 1. The van der Waals surface area contributed by atoms with Crippen LogP contribution in [0.3, 0.4) is 0 Å². The van der Waals surface area contributed by atoms with Crippen LogP contribution in [0.15, 0.2) is 18.2 Å². The topological polar surface area (TPSA) is 78.8 Å². The molecule has 0 radical (unpaired) electrons. The second-order valence-corrected chi connectivity index (χ2v) is 4.33. The molecule has 5 nitrogen and oxygen atoms in total. The Balaban J connectivity index is 2.97. The number of carboxylic acids is 1. The number of ether oxygens (including phenoxy) is 1. The van der Waals surface area contributed by atoms with Crippen molar-refractivity contribution in [2.24, 2.45) is 0 Å². The number of aliphatic hydroxyl groups excluding tert-OH is 1. The lowest BCUT2D eigenvalue weighted by Gasteiger charge is -2.17. The zero-order valence-corrected chi connectivity index (χ0v) is 10.8. The number of aliphatic carboxylic acids is 1. The van der Waals surface area contributed by atoms with E-state index in [4.69, 9.17) is 14.9 Å². The smallest absolute Gasteiger partial charge is 0.328 e. The molecule has 1 aromatic rings. The minimum Gasteiger partial charge on any atom is -0.496 e. The summed E-state index contributed by atoms with van der Waals surface area (Å²) in [5.41, 5.74) is 1.64. The molecule has 0 aromatic heterocycles. The van der Waals surface area contributed by atoms with Crippen molar-refractivity contribution in [2.45, 2.75) is 25.8 Å². The van der Waals surface area contributed by atoms with Crippen LogP contribution < -0.4 is 10.1 Å². The van der Waals surface area contributed by atoms with E-state index in [2.05, 4.69) is 5.32 Å². The largest absolute Gasteiger partial charge is 0.496 e. The summed E-state index contributed by atoms with van der Waals surface area (Å²) in [5.74, 6) is -0.0510. The van der Waals surface area contributed by atoms with E-state index in [1.807, 2.05) is 19.9 Å². The molecular formula is C13H19NO4. The highest BCUT2D eigenvalue weighted by Gasteiger charge is 2.16. The molecule has 1 unspecified atom stereocenters. The molecule has 5 heteroatoms. The van der Waals surface area contributed by atoms with Crippen LogP contribution in [0.1, 0.15) is 25.3 Å². The highest BCUT2D eigenvalue weighted by molar-refractivity contribution is 5.77. The first-order valence-corrected chi connectivity index (χ1v) is 5.77. The van der Waals surface area contributed by atoms with E-state index in [1.54, 1.807) is 19.2 Å². The van der Waals surface area contributed by atoms with Crippen LogP contribution in [0.25, 0.3) is 0 Å². The van der Waals surface area contributed by atoms with Crippen LogP contribution in [0.4, 0.5) is 5.69 Å². The van der Waals surface area contributed by atoms with Crippen molar-refractivity contribution < 1.29 is 19.7 Å². The molecule has 0 spiro atoms.